The Morgan fingerprint density at radius 1 is 1.09 bits per heavy atom. The van der Waals surface area contributed by atoms with Crippen LogP contribution < -0.4 is 10.6 Å². The van der Waals surface area contributed by atoms with Crippen LogP contribution in [0.15, 0.2) is 18.2 Å². The molecule has 116 valence electrons. The quantitative estimate of drug-likeness (QED) is 0.775. The predicted molar refractivity (Wildman–Crippen MR) is 80.4 cm³/mol. The summed E-state index contributed by atoms with van der Waals surface area (Å²) in [5.74, 6) is -2.11. The highest BCUT2D eigenvalue weighted by Crippen LogP contribution is 2.39. The lowest BCUT2D eigenvalue weighted by atomic mass is 10.1. The highest BCUT2D eigenvalue weighted by atomic mass is 16.4. The molecule has 0 heterocycles. The molecule has 2 aliphatic rings. The number of nitrogens with one attached hydrogen (secondary N) is 2. The van der Waals surface area contributed by atoms with Gasteiger partial charge in [0.05, 0.1) is 11.8 Å². The van der Waals surface area contributed by atoms with Crippen molar-refractivity contribution in [2.24, 2.45) is 17.8 Å². The minimum Gasteiger partial charge on any atom is -0.481 e. The van der Waals surface area contributed by atoms with Crippen molar-refractivity contribution in [3.05, 3.63) is 23.8 Å². The van der Waals surface area contributed by atoms with Crippen molar-refractivity contribution < 1.29 is 19.5 Å². The molecule has 6 nitrogen and oxygen atoms in total. The van der Waals surface area contributed by atoms with Crippen molar-refractivity contribution in [1.82, 2.24) is 0 Å². The Kier molecular flexibility index (Phi) is 3.60. The average Bonchev–Trinajstić information content (AvgIpc) is 3.34. The zero-order valence-electron chi connectivity index (χ0n) is 12.3. The molecule has 1 aromatic carbocycles. The second-order valence-electron chi connectivity index (χ2n) is 6.07. The molecule has 0 aliphatic heterocycles. The maximum Gasteiger partial charge on any atom is 0.307 e. The third-order valence-electron chi connectivity index (χ3n) is 4.16. The fourth-order valence-electron chi connectivity index (χ4n) is 2.41. The van der Waals surface area contributed by atoms with Crippen LogP contribution in [0.3, 0.4) is 0 Å². The number of aliphatic carboxylic acids is 1. The second kappa shape index (κ2) is 5.44. The molecular formula is C16H18N2O4. The standard InChI is InChI=1S/C16H18N2O4/c1-8-2-5-10(17-14(19)9-3-4-9)6-13(8)18-15(20)11-7-12(11)16(21)22/h2,5-6,9,11-12H,3-4,7H2,1H3,(H,17,19)(H,18,20)(H,21,22). The minimum absolute atomic E-state index is 0.00858. The fourth-order valence-corrected chi connectivity index (χ4v) is 2.41. The van der Waals surface area contributed by atoms with Gasteiger partial charge in [-0.05, 0) is 43.9 Å². The Morgan fingerprint density at radius 3 is 2.41 bits per heavy atom. The van der Waals surface area contributed by atoms with Crippen LogP contribution in [0, 0.1) is 24.7 Å². The summed E-state index contributed by atoms with van der Waals surface area (Å²) in [5, 5.41) is 14.5. The highest BCUT2D eigenvalue weighted by Gasteiger charge is 2.48. The molecule has 6 heteroatoms. The van der Waals surface area contributed by atoms with Gasteiger partial charge in [-0.1, -0.05) is 6.07 Å². The van der Waals surface area contributed by atoms with Crippen molar-refractivity contribution in [2.45, 2.75) is 26.2 Å². The van der Waals surface area contributed by atoms with Crippen LogP contribution in [-0.4, -0.2) is 22.9 Å². The molecule has 0 radical (unpaired) electrons. The monoisotopic (exact) mass is 302 g/mol. The van der Waals surface area contributed by atoms with Gasteiger partial charge in [0.15, 0.2) is 0 Å². The number of rotatable bonds is 5. The Hall–Kier alpha value is -2.37. The Balaban J connectivity index is 1.66. The maximum absolute atomic E-state index is 12.0. The lowest BCUT2D eigenvalue weighted by Gasteiger charge is -2.11. The van der Waals surface area contributed by atoms with E-state index in [4.69, 9.17) is 5.11 Å². The number of amides is 2. The molecular weight excluding hydrogens is 284 g/mol. The predicted octanol–water partition coefficient (Wildman–Crippen LogP) is 2.00. The number of carboxylic acid groups (broad SMARTS) is 1. The first kappa shape index (κ1) is 14.6. The van der Waals surface area contributed by atoms with Crippen LogP contribution in [0.5, 0.6) is 0 Å². The van der Waals surface area contributed by atoms with E-state index in [0.717, 1.165) is 18.4 Å². The van der Waals surface area contributed by atoms with Gasteiger partial charge in [0.25, 0.3) is 0 Å². The molecule has 0 saturated heterocycles. The minimum atomic E-state index is -0.928. The van der Waals surface area contributed by atoms with Gasteiger partial charge in [-0.25, -0.2) is 0 Å². The zero-order valence-corrected chi connectivity index (χ0v) is 12.3. The van der Waals surface area contributed by atoms with E-state index in [1.54, 1.807) is 12.1 Å². The third kappa shape index (κ3) is 3.10. The van der Waals surface area contributed by atoms with Crippen molar-refractivity contribution in [3.8, 4) is 0 Å². The molecule has 2 fully saturated rings. The Labute approximate surface area is 127 Å². The second-order valence-corrected chi connectivity index (χ2v) is 6.07. The molecule has 3 rings (SSSR count). The van der Waals surface area contributed by atoms with E-state index in [1.165, 1.54) is 0 Å². The van der Waals surface area contributed by atoms with Gasteiger partial charge in [0, 0.05) is 17.3 Å². The Bertz CT molecular complexity index is 652. The van der Waals surface area contributed by atoms with Gasteiger partial charge in [0.1, 0.15) is 0 Å². The molecule has 1 aromatic rings. The maximum atomic E-state index is 12.0. The zero-order chi connectivity index (χ0) is 15.9. The largest absolute Gasteiger partial charge is 0.481 e. The number of carbonyl (C=O) groups excluding carboxylic acids is 2. The summed E-state index contributed by atoms with van der Waals surface area (Å²) >= 11 is 0. The summed E-state index contributed by atoms with van der Waals surface area (Å²) < 4.78 is 0. The first-order valence-corrected chi connectivity index (χ1v) is 7.41. The van der Waals surface area contributed by atoms with Crippen molar-refractivity contribution in [1.29, 1.82) is 0 Å². The number of hydrogen-bond acceptors (Lipinski definition) is 3. The fraction of sp³-hybridized carbons (Fsp3) is 0.438. The summed E-state index contributed by atoms with van der Waals surface area (Å²) in [5.41, 5.74) is 2.11. The van der Waals surface area contributed by atoms with Crippen LogP contribution in [0.2, 0.25) is 0 Å². The van der Waals surface area contributed by atoms with Gasteiger partial charge in [-0.15, -0.1) is 0 Å². The first-order valence-electron chi connectivity index (χ1n) is 7.41. The lowest BCUT2D eigenvalue weighted by molar-refractivity contribution is -0.139. The SMILES string of the molecule is Cc1ccc(NC(=O)C2CC2)cc1NC(=O)C1CC1C(=O)O. The Morgan fingerprint density at radius 2 is 1.82 bits per heavy atom. The third-order valence-corrected chi connectivity index (χ3v) is 4.16. The number of hydrogen-bond donors (Lipinski definition) is 3. The van der Waals surface area contributed by atoms with Crippen LogP contribution >= 0.6 is 0 Å². The molecule has 22 heavy (non-hydrogen) atoms. The van der Waals surface area contributed by atoms with Gasteiger partial charge in [0.2, 0.25) is 11.8 Å². The van der Waals surface area contributed by atoms with E-state index < -0.39 is 17.8 Å². The van der Waals surface area contributed by atoms with E-state index in [9.17, 15) is 14.4 Å². The van der Waals surface area contributed by atoms with E-state index in [1.807, 2.05) is 13.0 Å². The lowest BCUT2D eigenvalue weighted by Crippen LogP contribution is -2.18. The number of aryl methyl sites for hydroxylation is 1. The topological polar surface area (TPSA) is 95.5 Å². The van der Waals surface area contributed by atoms with Crippen LogP contribution in [0.4, 0.5) is 11.4 Å². The van der Waals surface area contributed by atoms with Crippen LogP contribution in [-0.2, 0) is 14.4 Å². The van der Waals surface area contributed by atoms with Crippen molar-refractivity contribution in [3.63, 3.8) is 0 Å². The summed E-state index contributed by atoms with van der Waals surface area (Å²) in [6.07, 6.45) is 2.25. The average molecular weight is 302 g/mol. The normalized spacial score (nSPS) is 22.8. The van der Waals surface area contributed by atoms with Gasteiger partial charge in [-0.3, -0.25) is 14.4 Å². The van der Waals surface area contributed by atoms with E-state index >= 15 is 0 Å². The first-order chi connectivity index (χ1) is 10.5. The number of carboxylic acids is 1. The van der Waals surface area contributed by atoms with E-state index in [-0.39, 0.29) is 17.7 Å². The summed E-state index contributed by atoms with van der Waals surface area (Å²) in [6, 6.07) is 5.33. The van der Waals surface area contributed by atoms with E-state index in [0.29, 0.717) is 17.8 Å². The summed E-state index contributed by atoms with van der Waals surface area (Å²) in [6.45, 7) is 1.85. The molecule has 2 unspecified atom stereocenters. The molecule has 0 bridgehead atoms. The summed E-state index contributed by atoms with van der Waals surface area (Å²) in [4.78, 5) is 34.6. The van der Waals surface area contributed by atoms with Gasteiger partial charge < -0.3 is 15.7 Å². The summed E-state index contributed by atoms with van der Waals surface area (Å²) in [7, 11) is 0. The highest BCUT2D eigenvalue weighted by molar-refractivity contribution is 6.00. The van der Waals surface area contributed by atoms with Crippen LogP contribution in [0.1, 0.15) is 24.8 Å². The number of carbonyl (C=O) groups is 3. The smallest absolute Gasteiger partial charge is 0.307 e. The molecule has 0 aromatic heterocycles. The molecule has 2 amide bonds. The number of anilines is 2. The van der Waals surface area contributed by atoms with E-state index in [2.05, 4.69) is 10.6 Å². The molecule has 0 spiro atoms. The van der Waals surface area contributed by atoms with Crippen LogP contribution in [0.25, 0.3) is 0 Å². The molecule has 2 atom stereocenters. The number of benzene rings is 1. The van der Waals surface area contributed by atoms with Crippen molar-refractivity contribution >= 4 is 29.2 Å². The molecule has 3 N–H and O–H groups in total. The molecule has 2 saturated carbocycles. The molecule has 2 aliphatic carbocycles. The van der Waals surface area contributed by atoms with Gasteiger partial charge in [-0.2, -0.15) is 0 Å². The van der Waals surface area contributed by atoms with Crippen molar-refractivity contribution in [2.75, 3.05) is 10.6 Å². The van der Waals surface area contributed by atoms with Gasteiger partial charge >= 0.3 is 5.97 Å².